The van der Waals surface area contributed by atoms with E-state index in [1.54, 1.807) is 0 Å². The van der Waals surface area contributed by atoms with Gasteiger partial charge in [0.15, 0.2) is 17.5 Å². The molecule has 90 heavy (non-hydrogen) atoms. The van der Waals surface area contributed by atoms with Crippen LogP contribution in [-0.4, -0.2) is 33.2 Å². The third kappa shape index (κ3) is 7.97. The average molecular weight is 1150 g/mol. The van der Waals surface area contributed by atoms with Gasteiger partial charge >= 0.3 is 0 Å². The first kappa shape index (κ1) is 50.8. The van der Waals surface area contributed by atoms with Crippen molar-refractivity contribution >= 4 is 87.2 Å². The summed E-state index contributed by atoms with van der Waals surface area (Å²) in [6.45, 7) is 0. The number of hydrogen-bond donors (Lipinski definition) is 0. The zero-order valence-electron chi connectivity index (χ0n) is 48.4. The second-order valence-corrected chi connectivity index (χ2v) is 23.0. The number of benzene rings is 13. The van der Waals surface area contributed by atoms with Gasteiger partial charge in [-0.1, -0.05) is 194 Å². The van der Waals surface area contributed by atoms with Crippen LogP contribution in [0.2, 0.25) is 0 Å². The highest BCUT2D eigenvalue weighted by molar-refractivity contribution is 6.15. The van der Waals surface area contributed by atoms with E-state index in [-0.39, 0.29) is 0 Å². The molecule has 0 saturated carbocycles. The van der Waals surface area contributed by atoms with Crippen LogP contribution in [-0.2, 0) is 0 Å². The molecule has 0 unspecified atom stereocenters. The molecule has 8 nitrogen and oxygen atoms in total. The maximum Gasteiger partial charge on any atom is 0.166 e. The lowest BCUT2D eigenvalue weighted by atomic mass is 9.94. The van der Waals surface area contributed by atoms with Crippen molar-refractivity contribution in [2.45, 2.75) is 0 Å². The molecule has 0 aliphatic rings. The summed E-state index contributed by atoms with van der Waals surface area (Å²) in [6, 6.07) is 110. The van der Waals surface area contributed by atoms with Crippen LogP contribution in [0.15, 0.2) is 303 Å². The number of aromatic nitrogens is 7. The van der Waals surface area contributed by atoms with Crippen LogP contribution in [0.25, 0.3) is 166 Å². The van der Waals surface area contributed by atoms with E-state index < -0.39 is 0 Å². The van der Waals surface area contributed by atoms with Crippen LogP contribution in [0, 0.1) is 11.3 Å². The summed E-state index contributed by atoms with van der Waals surface area (Å²) >= 11 is 0. The first-order valence-electron chi connectivity index (χ1n) is 30.3. The van der Waals surface area contributed by atoms with Gasteiger partial charge in [-0.05, 0) is 126 Å². The SMILES string of the molecule is N#Cc1ccc(-c2ccc(-n3c4ccccc4c4cc(-n5c6ccccc6c6ccccc65)ccc43)c(-c3ccc(-n4c5ccccc5c5cc(-n6c7ccccc7c7ccccc76)ccc54)c(-c4nc(-c5ccccc5)nc(-c5ccccc5)n4)c3)c2)cc1. The number of para-hydroxylation sites is 6. The van der Waals surface area contributed by atoms with Gasteiger partial charge in [-0.25, -0.2) is 15.0 Å². The molecule has 0 spiro atoms. The molecule has 418 valence electrons. The molecule has 0 bridgehead atoms. The summed E-state index contributed by atoms with van der Waals surface area (Å²) in [6.07, 6.45) is 0. The van der Waals surface area contributed by atoms with Gasteiger partial charge in [-0.15, -0.1) is 0 Å². The molecule has 13 aromatic carbocycles. The number of hydrogen-bond acceptors (Lipinski definition) is 4. The molecule has 5 aromatic heterocycles. The molecule has 18 aromatic rings. The van der Waals surface area contributed by atoms with Crippen LogP contribution in [0.3, 0.4) is 0 Å². The van der Waals surface area contributed by atoms with Gasteiger partial charge in [0.25, 0.3) is 0 Å². The summed E-state index contributed by atoms with van der Waals surface area (Å²) in [4.78, 5) is 16.2. The lowest BCUT2D eigenvalue weighted by Gasteiger charge is -2.19. The third-order valence-corrected chi connectivity index (χ3v) is 18.1. The average Bonchev–Trinajstić information content (AvgIpc) is 1.59. The molecular weight excluding hydrogens is 1100 g/mol. The summed E-state index contributed by atoms with van der Waals surface area (Å²) < 4.78 is 9.61. The predicted molar refractivity (Wildman–Crippen MR) is 369 cm³/mol. The van der Waals surface area contributed by atoms with Gasteiger partial charge in [0.05, 0.1) is 67.1 Å². The second-order valence-electron chi connectivity index (χ2n) is 23.0. The number of nitriles is 1. The maximum atomic E-state index is 9.91. The lowest BCUT2D eigenvalue weighted by molar-refractivity contribution is 1.06. The molecule has 0 radical (unpaired) electrons. The fourth-order valence-electron chi connectivity index (χ4n) is 14.0. The second kappa shape index (κ2) is 20.3. The third-order valence-electron chi connectivity index (χ3n) is 18.1. The van der Waals surface area contributed by atoms with Gasteiger partial charge in [0, 0.05) is 76.7 Å². The van der Waals surface area contributed by atoms with E-state index in [9.17, 15) is 5.26 Å². The van der Waals surface area contributed by atoms with Crippen LogP contribution < -0.4 is 0 Å². The largest absolute Gasteiger partial charge is 0.309 e. The highest BCUT2D eigenvalue weighted by Crippen LogP contribution is 2.45. The van der Waals surface area contributed by atoms with Crippen molar-refractivity contribution in [1.82, 2.24) is 33.2 Å². The van der Waals surface area contributed by atoms with Gasteiger partial charge in [-0.3, -0.25) is 0 Å². The van der Waals surface area contributed by atoms with Gasteiger partial charge < -0.3 is 18.3 Å². The minimum Gasteiger partial charge on any atom is -0.309 e. The molecule has 8 heteroatoms. The van der Waals surface area contributed by atoms with Crippen molar-refractivity contribution in [1.29, 1.82) is 5.26 Å². The molecule has 0 N–H and O–H groups in total. The van der Waals surface area contributed by atoms with E-state index in [1.165, 1.54) is 21.5 Å². The Hall–Kier alpha value is -12.4. The number of rotatable bonds is 9. The Labute approximate surface area is 516 Å². The minimum atomic E-state index is 0.534. The Balaban J connectivity index is 0.905. The van der Waals surface area contributed by atoms with E-state index in [1.807, 2.05) is 60.7 Å². The Morgan fingerprint density at radius 3 is 1.00 bits per heavy atom. The quantitative estimate of drug-likeness (QED) is 0.144. The molecular formula is C82H50N8. The van der Waals surface area contributed by atoms with E-state index >= 15 is 0 Å². The van der Waals surface area contributed by atoms with Gasteiger partial charge in [-0.2, -0.15) is 5.26 Å². The van der Waals surface area contributed by atoms with Crippen molar-refractivity contribution < 1.29 is 0 Å². The Morgan fingerprint density at radius 2 is 0.567 bits per heavy atom. The molecule has 0 amide bonds. The summed E-state index contributed by atoms with van der Waals surface area (Å²) in [5.41, 5.74) is 20.2. The van der Waals surface area contributed by atoms with E-state index in [0.29, 0.717) is 23.0 Å². The zero-order chi connectivity index (χ0) is 59.4. The zero-order valence-corrected chi connectivity index (χ0v) is 48.4. The topological polar surface area (TPSA) is 82.2 Å². The fourth-order valence-corrected chi connectivity index (χ4v) is 14.0. The normalized spacial score (nSPS) is 11.8. The Morgan fingerprint density at radius 1 is 0.233 bits per heavy atom. The van der Waals surface area contributed by atoms with Crippen molar-refractivity contribution in [3.05, 3.63) is 309 Å². The van der Waals surface area contributed by atoms with E-state index in [4.69, 9.17) is 15.0 Å². The molecule has 0 fully saturated rings. The monoisotopic (exact) mass is 1150 g/mol. The van der Waals surface area contributed by atoms with Crippen LogP contribution in [0.1, 0.15) is 5.56 Å². The number of fused-ring (bicyclic) bond motifs is 12. The summed E-state index contributed by atoms with van der Waals surface area (Å²) in [7, 11) is 0. The fraction of sp³-hybridized carbons (Fsp3) is 0. The minimum absolute atomic E-state index is 0.534. The molecule has 0 aliphatic heterocycles. The first-order valence-corrected chi connectivity index (χ1v) is 30.3. The predicted octanol–water partition coefficient (Wildman–Crippen LogP) is 20.5. The highest BCUT2D eigenvalue weighted by Gasteiger charge is 2.25. The molecule has 0 saturated heterocycles. The van der Waals surface area contributed by atoms with Gasteiger partial charge in [0.1, 0.15) is 0 Å². The van der Waals surface area contributed by atoms with Crippen LogP contribution in [0.4, 0.5) is 0 Å². The molecule has 0 atom stereocenters. The highest BCUT2D eigenvalue weighted by atomic mass is 15.1. The standard InChI is InChI=1S/C82H50N8/c83-51-52-35-37-53(38-36-52)56-39-43-76(89-74-33-17-11-27-64(74)67-49-58(41-45-77(67)89)87-70-29-13-7-23-60(70)61-24-8-14-30-71(61)87)66(47-56)57-40-44-79(69(48-57)82-85-80(54-19-3-1-4-20-54)84-81(86-82)55-21-5-2-6-22-55)90-75-34-18-12-28-65(75)68-50-59(42-46-78(68)90)88-72-31-15-9-25-62(72)63-26-10-16-32-73(63)88/h1-50H. The van der Waals surface area contributed by atoms with Crippen molar-refractivity contribution in [2.75, 3.05) is 0 Å². The van der Waals surface area contributed by atoms with Gasteiger partial charge in [0.2, 0.25) is 0 Å². The lowest BCUT2D eigenvalue weighted by Crippen LogP contribution is -2.04. The Bertz CT molecular complexity index is 5810. The van der Waals surface area contributed by atoms with Crippen molar-refractivity contribution in [3.8, 4) is 85.2 Å². The van der Waals surface area contributed by atoms with Crippen molar-refractivity contribution in [2.24, 2.45) is 0 Å². The summed E-state index contributed by atoms with van der Waals surface area (Å²) in [5.74, 6) is 1.68. The first-order chi connectivity index (χ1) is 44.6. The molecule has 0 aliphatic carbocycles. The van der Waals surface area contributed by atoms with E-state index in [0.717, 1.165) is 127 Å². The van der Waals surface area contributed by atoms with Crippen LogP contribution >= 0.6 is 0 Å². The smallest absolute Gasteiger partial charge is 0.166 e. The summed E-state index contributed by atoms with van der Waals surface area (Å²) in [5, 5.41) is 19.3. The molecule has 18 rings (SSSR count). The molecule has 5 heterocycles. The van der Waals surface area contributed by atoms with Crippen molar-refractivity contribution in [3.63, 3.8) is 0 Å². The maximum absolute atomic E-state index is 9.91. The Kier molecular flexibility index (Phi) is 11.5. The van der Waals surface area contributed by atoms with Crippen LogP contribution in [0.5, 0.6) is 0 Å². The van der Waals surface area contributed by atoms with E-state index in [2.05, 4.69) is 267 Å². The number of nitrogens with zero attached hydrogens (tertiary/aromatic N) is 8.